The van der Waals surface area contributed by atoms with E-state index in [9.17, 15) is 0 Å². The topological polar surface area (TPSA) is 61.0 Å². The van der Waals surface area contributed by atoms with Gasteiger partial charge in [0, 0.05) is 17.0 Å². The fraction of sp³-hybridized carbons (Fsp3) is 0.412. The molecule has 2 N–H and O–H groups in total. The van der Waals surface area contributed by atoms with Gasteiger partial charge in [0.25, 0.3) is 0 Å². The van der Waals surface area contributed by atoms with Gasteiger partial charge in [-0.25, -0.2) is 9.97 Å². The number of nitrogens with zero attached hydrogens (tertiary/aromatic N) is 2. The summed E-state index contributed by atoms with van der Waals surface area (Å²) in [6.45, 7) is 4.81. The maximum absolute atomic E-state index is 6.04. The second-order valence-electron chi connectivity index (χ2n) is 5.59. The number of hydrogen-bond acceptors (Lipinski definition) is 4. The normalized spacial score (nSPS) is 14.2. The van der Waals surface area contributed by atoms with Gasteiger partial charge in [0.2, 0.25) is 0 Å². The molecule has 21 heavy (non-hydrogen) atoms. The van der Waals surface area contributed by atoms with Gasteiger partial charge in [0.15, 0.2) is 0 Å². The zero-order valence-electron chi connectivity index (χ0n) is 12.6. The molecule has 110 valence electrons. The summed E-state index contributed by atoms with van der Waals surface area (Å²) in [6.07, 6.45) is 3.35. The van der Waals surface area contributed by atoms with Crippen molar-refractivity contribution in [2.24, 2.45) is 0 Å². The van der Waals surface area contributed by atoms with Crippen molar-refractivity contribution in [2.75, 3.05) is 12.3 Å². The molecule has 1 aliphatic rings. The first-order valence-electron chi connectivity index (χ1n) is 7.56. The fourth-order valence-corrected chi connectivity index (χ4v) is 2.29. The van der Waals surface area contributed by atoms with Crippen LogP contribution in [0.4, 0.5) is 5.82 Å². The summed E-state index contributed by atoms with van der Waals surface area (Å²) in [4.78, 5) is 9.15. The van der Waals surface area contributed by atoms with Crippen molar-refractivity contribution in [2.45, 2.75) is 39.0 Å². The lowest BCUT2D eigenvalue weighted by atomic mass is 10.1. The van der Waals surface area contributed by atoms with Crippen molar-refractivity contribution >= 4 is 5.82 Å². The Balaban J connectivity index is 1.91. The third-order valence-electron chi connectivity index (χ3n) is 3.74. The number of anilines is 1. The molecule has 4 heteroatoms. The van der Waals surface area contributed by atoms with Crippen LogP contribution in [0.5, 0.6) is 5.75 Å². The maximum Gasteiger partial charge on any atom is 0.134 e. The zero-order chi connectivity index (χ0) is 14.8. The molecule has 1 fully saturated rings. The molecule has 3 rings (SSSR count). The molecule has 2 aromatic rings. The first-order valence-corrected chi connectivity index (χ1v) is 7.56. The Labute approximate surface area is 125 Å². The van der Waals surface area contributed by atoms with Crippen molar-refractivity contribution in [1.82, 2.24) is 9.97 Å². The van der Waals surface area contributed by atoms with E-state index < -0.39 is 0 Å². The van der Waals surface area contributed by atoms with Gasteiger partial charge < -0.3 is 10.5 Å². The number of nitrogen functional groups attached to an aromatic ring is 1. The molecule has 0 unspecified atom stereocenters. The van der Waals surface area contributed by atoms with Crippen LogP contribution >= 0.6 is 0 Å². The number of aromatic nitrogens is 2. The van der Waals surface area contributed by atoms with Crippen LogP contribution in [0.2, 0.25) is 0 Å². The zero-order valence-corrected chi connectivity index (χ0v) is 12.6. The first-order chi connectivity index (χ1) is 10.2. The molecule has 1 heterocycles. The summed E-state index contributed by atoms with van der Waals surface area (Å²) in [6, 6.07) is 8.05. The van der Waals surface area contributed by atoms with Crippen molar-refractivity contribution in [3.63, 3.8) is 0 Å². The van der Waals surface area contributed by atoms with Gasteiger partial charge in [-0.2, -0.15) is 0 Å². The van der Waals surface area contributed by atoms with Gasteiger partial charge >= 0.3 is 0 Å². The second kappa shape index (κ2) is 5.72. The molecule has 4 nitrogen and oxygen atoms in total. The standard InChI is InChI=1S/C17H21N3O/c1-3-10-21-14-8-6-12(7-9-14)15-11(2)16(18)20-17(19-15)13-4-5-13/h6-9,13H,3-5,10H2,1-2H3,(H2,18,19,20). The molecule has 0 spiro atoms. The molecule has 1 aromatic carbocycles. The average molecular weight is 283 g/mol. The van der Waals surface area contributed by atoms with E-state index in [2.05, 4.69) is 11.9 Å². The van der Waals surface area contributed by atoms with E-state index in [1.165, 1.54) is 12.8 Å². The van der Waals surface area contributed by atoms with Crippen LogP contribution < -0.4 is 10.5 Å². The predicted molar refractivity (Wildman–Crippen MR) is 84.4 cm³/mol. The van der Waals surface area contributed by atoms with Gasteiger partial charge in [-0.1, -0.05) is 6.92 Å². The van der Waals surface area contributed by atoms with Gasteiger partial charge in [-0.15, -0.1) is 0 Å². The molecule has 1 aliphatic carbocycles. The Morgan fingerprint density at radius 1 is 1.19 bits per heavy atom. The molecule has 1 saturated carbocycles. The largest absolute Gasteiger partial charge is 0.494 e. The van der Waals surface area contributed by atoms with Crippen molar-refractivity contribution in [1.29, 1.82) is 0 Å². The third-order valence-corrected chi connectivity index (χ3v) is 3.74. The van der Waals surface area contributed by atoms with E-state index in [1.807, 2.05) is 31.2 Å². The summed E-state index contributed by atoms with van der Waals surface area (Å²) in [5.74, 6) is 2.87. The molecule has 0 radical (unpaired) electrons. The van der Waals surface area contributed by atoms with Crippen molar-refractivity contribution < 1.29 is 4.74 Å². The second-order valence-corrected chi connectivity index (χ2v) is 5.59. The van der Waals surface area contributed by atoms with Crippen LogP contribution in [0.25, 0.3) is 11.3 Å². The first kappa shape index (κ1) is 13.9. The minimum absolute atomic E-state index is 0.499. The molecule has 0 atom stereocenters. The molecule has 0 aliphatic heterocycles. The lowest BCUT2D eigenvalue weighted by molar-refractivity contribution is 0.317. The average Bonchev–Trinajstić information content (AvgIpc) is 3.33. The summed E-state index contributed by atoms with van der Waals surface area (Å²) >= 11 is 0. The Morgan fingerprint density at radius 2 is 1.90 bits per heavy atom. The highest BCUT2D eigenvalue weighted by atomic mass is 16.5. The monoisotopic (exact) mass is 283 g/mol. The van der Waals surface area contributed by atoms with Crippen molar-refractivity contribution in [3.05, 3.63) is 35.7 Å². The van der Waals surface area contributed by atoms with E-state index in [-0.39, 0.29) is 0 Å². The van der Waals surface area contributed by atoms with E-state index in [4.69, 9.17) is 15.5 Å². The Hall–Kier alpha value is -2.10. The molecular formula is C17H21N3O. The minimum atomic E-state index is 0.499. The summed E-state index contributed by atoms with van der Waals surface area (Å²) < 4.78 is 5.61. The molecule has 0 amide bonds. The fourth-order valence-electron chi connectivity index (χ4n) is 2.29. The van der Waals surface area contributed by atoms with Crippen LogP contribution in [0.1, 0.15) is 43.5 Å². The van der Waals surface area contributed by atoms with Gasteiger partial charge in [-0.3, -0.25) is 0 Å². The van der Waals surface area contributed by atoms with Crippen LogP contribution in [0, 0.1) is 6.92 Å². The molecule has 0 saturated heterocycles. The Bertz CT molecular complexity index is 633. The number of ether oxygens (including phenoxy) is 1. The minimum Gasteiger partial charge on any atom is -0.494 e. The van der Waals surface area contributed by atoms with E-state index in [0.29, 0.717) is 11.7 Å². The van der Waals surface area contributed by atoms with Crippen LogP contribution in [-0.4, -0.2) is 16.6 Å². The molecular weight excluding hydrogens is 262 g/mol. The molecule has 1 aromatic heterocycles. The smallest absolute Gasteiger partial charge is 0.134 e. The van der Waals surface area contributed by atoms with Gasteiger partial charge in [-0.05, 0) is 50.5 Å². The lowest BCUT2D eigenvalue weighted by Gasteiger charge is -2.11. The number of rotatable bonds is 5. The number of nitrogens with two attached hydrogens (primary N) is 1. The highest BCUT2D eigenvalue weighted by molar-refractivity contribution is 5.68. The Morgan fingerprint density at radius 3 is 2.52 bits per heavy atom. The number of hydrogen-bond donors (Lipinski definition) is 1. The predicted octanol–water partition coefficient (Wildman–Crippen LogP) is 3.70. The van der Waals surface area contributed by atoms with Crippen LogP contribution in [-0.2, 0) is 0 Å². The quantitative estimate of drug-likeness (QED) is 0.909. The summed E-state index contributed by atoms with van der Waals surface area (Å²) in [5, 5.41) is 0. The highest BCUT2D eigenvalue weighted by Gasteiger charge is 2.28. The van der Waals surface area contributed by atoms with Crippen LogP contribution in [0.15, 0.2) is 24.3 Å². The summed E-state index contributed by atoms with van der Waals surface area (Å²) in [7, 11) is 0. The van der Waals surface area contributed by atoms with Crippen molar-refractivity contribution in [3.8, 4) is 17.0 Å². The highest BCUT2D eigenvalue weighted by Crippen LogP contribution is 2.39. The number of benzene rings is 1. The molecule has 0 bridgehead atoms. The SMILES string of the molecule is CCCOc1ccc(-c2nc(C3CC3)nc(N)c2C)cc1. The third kappa shape index (κ3) is 2.99. The summed E-state index contributed by atoms with van der Waals surface area (Å²) in [5.41, 5.74) is 8.99. The maximum atomic E-state index is 6.04. The van der Waals surface area contributed by atoms with E-state index >= 15 is 0 Å². The van der Waals surface area contributed by atoms with Crippen LogP contribution in [0.3, 0.4) is 0 Å². The Kier molecular flexibility index (Phi) is 3.78. The van der Waals surface area contributed by atoms with E-state index in [0.717, 1.165) is 41.4 Å². The lowest BCUT2D eigenvalue weighted by Crippen LogP contribution is -2.04. The van der Waals surface area contributed by atoms with E-state index in [1.54, 1.807) is 0 Å². The van der Waals surface area contributed by atoms with Gasteiger partial charge in [0.05, 0.1) is 12.3 Å². The van der Waals surface area contributed by atoms with Gasteiger partial charge in [0.1, 0.15) is 17.4 Å².